The second-order valence-electron chi connectivity index (χ2n) is 13.1. The average molecular weight is 776 g/mol. The van der Waals surface area contributed by atoms with Crippen LogP contribution in [0.1, 0.15) is 51.8 Å². The van der Waals surface area contributed by atoms with E-state index >= 15 is 0 Å². The number of nitrogens with zero attached hydrogens (tertiary/aromatic N) is 2. The first-order valence-electron chi connectivity index (χ1n) is 17.1. The number of anilines is 3. The van der Waals surface area contributed by atoms with Crippen LogP contribution in [0, 0.1) is 13.8 Å². The molecule has 0 atom stereocenters. The third-order valence-corrected chi connectivity index (χ3v) is 11.2. The van der Waals surface area contributed by atoms with E-state index in [0.717, 1.165) is 62.4 Å². The molecular weight excluding hydrogens is 730 g/mol. The van der Waals surface area contributed by atoms with Crippen LogP contribution >= 0.6 is 10.7 Å². The van der Waals surface area contributed by atoms with Gasteiger partial charge in [0.25, 0.3) is 0 Å². The van der Waals surface area contributed by atoms with E-state index in [1.54, 1.807) is 40.2 Å². The van der Waals surface area contributed by atoms with Crippen LogP contribution in [0.15, 0.2) is 110 Å². The summed E-state index contributed by atoms with van der Waals surface area (Å²) in [5, 5.41) is 0. The fourth-order valence-electron chi connectivity index (χ4n) is 6.07. The quantitative estimate of drug-likeness (QED) is 0.101. The molecule has 4 aromatic carbocycles. The van der Waals surface area contributed by atoms with Gasteiger partial charge in [-0.2, -0.15) is 0 Å². The van der Waals surface area contributed by atoms with Gasteiger partial charge in [0.15, 0.2) is 9.84 Å². The van der Waals surface area contributed by atoms with Gasteiger partial charge in [-0.1, -0.05) is 83.9 Å². The molecule has 280 valence electrons. The van der Waals surface area contributed by atoms with E-state index in [-0.39, 0.29) is 29.1 Å². The molecule has 2 amide bonds. The molecule has 9 nitrogen and oxygen atoms in total. The van der Waals surface area contributed by atoms with E-state index in [1.807, 2.05) is 80.6 Å². The van der Waals surface area contributed by atoms with Crippen molar-refractivity contribution in [3.05, 3.63) is 149 Å². The Kier molecular flexibility index (Phi) is 14.2. The van der Waals surface area contributed by atoms with E-state index in [0.29, 0.717) is 32.4 Å². The summed E-state index contributed by atoms with van der Waals surface area (Å²) < 4.78 is 46.4. The first kappa shape index (κ1) is 41.1. The minimum atomic E-state index is -3.42. The molecule has 4 aromatic rings. The Hall–Kier alpha value is -4.71. The molecule has 0 unspecified atom stereocenters. The van der Waals surface area contributed by atoms with Crippen LogP contribution in [0.4, 0.5) is 17.1 Å². The maximum absolute atomic E-state index is 12.6. The Bertz CT molecular complexity index is 2170. The minimum absolute atomic E-state index is 0.00353. The van der Waals surface area contributed by atoms with E-state index in [9.17, 15) is 26.4 Å². The fourth-order valence-corrected chi connectivity index (χ4v) is 8.53. The number of amides is 2. The van der Waals surface area contributed by atoms with Crippen LogP contribution < -0.4 is 15.5 Å². The lowest BCUT2D eigenvalue weighted by Gasteiger charge is -2.28. The van der Waals surface area contributed by atoms with Crippen LogP contribution in [0.25, 0.3) is 0 Å². The van der Waals surface area contributed by atoms with Gasteiger partial charge in [-0.25, -0.2) is 16.8 Å². The van der Waals surface area contributed by atoms with Crippen molar-refractivity contribution in [1.29, 1.82) is 0 Å². The highest BCUT2D eigenvalue weighted by Gasteiger charge is 2.25. The summed E-state index contributed by atoms with van der Waals surface area (Å²) in [6.07, 6.45) is 5.88. The molecule has 2 aliphatic heterocycles. The summed E-state index contributed by atoms with van der Waals surface area (Å²) in [6, 6.07) is 26.1. The van der Waals surface area contributed by atoms with Crippen molar-refractivity contribution < 1.29 is 26.4 Å². The van der Waals surface area contributed by atoms with Crippen LogP contribution in [0.5, 0.6) is 0 Å². The molecule has 2 N–H and O–H groups in total. The Balaban J connectivity index is 0.000000196. The van der Waals surface area contributed by atoms with Gasteiger partial charge in [0.2, 0.25) is 20.9 Å². The predicted octanol–water partition coefficient (Wildman–Crippen LogP) is 7.37. The minimum Gasteiger partial charge on any atom is -0.399 e. The second-order valence-corrected chi connectivity index (χ2v) is 18.0. The van der Waals surface area contributed by atoms with Crippen molar-refractivity contribution in [2.45, 2.75) is 56.8 Å². The smallest absolute Gasteiger partial charge is 0.236 e. The van der Waals surface area contributed by atoms with Gasteiger partial charge in [-0.3, -0.25) is 9.59 Å². The van der Waals surface area contributed by atoms with E-state index in [1.165, 1.54) is 0 Å². The lowest BCUT2D eigenvalue weighted by atomic mass is 9.99. The van der Waals surface area contributed by atoms with Crippen molar-refractivity contribution >= 4 is 58.4 Å². The van der Waals surface area contributed by atoms with Gasteiger partial charge >= 0.3 is 0 Å². The van der Waals surface area contributed by atoms with Crippen LogP contribution in [0.3, 0.4) is 0 Å². The number of aryl methyl sites for hydroxylation is 4. The molecule has 0 aromatic heterocycles. The summed E-state index contributed by atoms with van der Waals surface area (Å²) in [4.78, 5) is 27.2. The summed E-state index contributed by atoms with van der Waals surface area (Å²) >= 11 is 0. The Morgan fingerprint density at radius 2 is 1.04 bits per heavy atom. The van der Waals surface area contributed by atoms with Gasteiger partial charge in [0.1, 0.15) is 0 Å². The van der Waals surface area contributed by atoms with Gasteiger partial charge < -0.3 is 15.5 Å². The first-order valence-corrected chi connectivity index (χ1v) is 21.4. The number of hydrogen-bond acceptors (Lipinski definition) is 7. The van der Waals surface area contributed by atoms with Crippen molar-refractivity contribution in [3.63, 3.8) is 0 Å². The van der Waals surface area contributed by atoms with Crippen molar-refractivity contribution in [1.82, 2.24) is 0 Å². The Morgan fingerprint density at radius 3 is 1.51 bits per heavy atom. The number of fused-ring (bicyclic) bond motifs is 2. The zero-order valence-electron chi connectivity index (χ0n) is 30.1. The van der Waals surface area contributed by atoms with Gasteiger partial charge in [0, 0.05) is 53.7 Å². The summed E-state index contributed by atoms with van der Waals surface area (Å²) in [6.45, 7) is 12.3. The fraction of sp³-hybridized carbons (Fsp3) is 0.268. The van der Waals surface area contributed by atoms with Crippen LogP contribution in [-0.2, 0) is 58.6 Å². The molecule has 0 saturated carbocycles. The third-order valence-electron chi connectivity index (χ3n) is 8.62. The maximum Gasteiger partial charge on any atom is 0.236 e. The Labute approximate surface area is 318 Å². The molecule has 0 radical (unpaired) electrons. The monoisotopic (exact) mass is 775 g/mol. The number of rotatable bonds is 10. The van der Waals surface area contributed by atoms with Gasteiger partial charge in [0.05, 0.1) is 17.3 Å². The third kappa shape index (κ3) is 12.4. The molecule has 2 heterocycles. The number of nitrogen functional groups attached to an aromatic ring is 1. The number of sulfone groups is 1. The van der Waals surface area contributed by atoms with Crippen LogP contribution in [0.2, 0.25) is 0 Å². The molecule has 53 heavy (non-hydrogen) atoms. The number of nitrogens with two attached hydrogens (primary N) is 1. The predicted molar refractivity (Wildman–Crippen MR) is 216 cm³/mol. The molecular formula is C41H46ClN3O6S2. The molecule has 0 aliphatic carbocycles. The van der Waals surface area contributed by atoms with Crippen molar-refractivity contribution in [2.75, 3.05) is 28.6 Å². The normalized spacial score (nSPS) is 13.8. The van der Waals surface area contributed by atoms with Gasteiger partial charge in [-0.15, -0.1) is 13.2 Å². The highest BCUT2D eigenvalue weighted by molar-refractivity contribution is 8.13. The molecule has 0 saturated heterocycles. The SMILES string of the molecule is C=CCN1C(=O)CCc2cc(CS(=O)(=O)Cc3ccc(C)cc3)ccc21.C=CCN1C(=O)CCc2cc(N)ccc21.Cc1ccc(CS(=O)(=O)Cl)cc1. The topological polar surface area (TPSA) is 135 Å². The van der Waals surface area contributed by atoms with E-state index in [4.69, 9.17) is 16.4 Å². The maximum atomic E-state index is 12.6. The molecule has 0 fully saturated rings. The number of carbonyl (C=O) groups is 2. The van der Waals surface area contributed by atoms with E-state index in [2.05, 4.69) is 13.2 Å². The summed E-state index contributed by atoms with van der Waals surface area (Å²) in [7, 11) is -1.60. The van der Waals surface area contributed by atoms with Crippen molar-refractivity contribution in [3.8, 4) is 0 Å². The van der Waals surface area contributed by atoms with Gasteiger partial charge in [-0.05, 0) is 78.8 Å². The highest BCUT2D eigenvalue weighted by atomic mass is 35.7. The zero-order valence-corrected chi connectivity index (χ0v) is 32.5. The van der Waals surface area contributed by atoms with Crippen molar-refractivity contribution in [2.24, 2.45) is 0 Å². The Morgan fingerprint density at radius 1 is 0.623 bits per heavy atom. The van der Waals surface area contributed by atoms with E-state index < -0.39 is 18.9 Å². The lowest BCUT2D eigenvalue weighted by molar-refractivity contribution is -0.119. The largest absolute Gasteiger partial charge is 0.399 e. The standard InChI is InChI=1S/C21H23NO3S.C12H14N2O.C8H9ClO2S/c1-3-12-22-20-10-8-18(13-19(20)9-11-21(22)23)15-26(24,25)14-17-6-4-16(2)5-7-17;1-2-7-14-11-5-4-10(13)8-9(11)3-6-12(14)15;1-7-2-4-8(5-3-7)6-12(9,10)11/h3-8,10,13H,1,9,11-12,14-15H2,2H3;2,4-5,8H,1,3,6-7,13H2;2-5H,6H2,1H3. The number of carbonyl (C=O) groups excluding carboxylic acids is 2. The second kappa shape index (κ2) is 18.4. The molecule has 0 bridgehead atoms. The number of benzene rings is 4. The lowest BCUT2D eigenvalue weighted by Crippen LogP contribution is -2.35. The average Bonchev–Trinajstić information content (AvgIpc) is 3.09. The zero-order chi connectivity index (χ0) is 38.8. The summed E-state index contributed by atoms with van der Waals surface area (Å²) in [5.74, 6) is 0.174. The number of halogens is 1. The van der Waals surface area contributed by atoms with Crippen LogP contribution in [-0.4, -0.2) is 41.7 Å². The molecule has 0 spiro atoms. The number of hydrogen-bond donors (Lipinski definition) is 1. The molecule has 2 aliphatic rings. The molecule has 12 heteroatoms. The molecule has 6 rings (SSSR count). The first-order chi connectivity index (χ1) is 25.1. The summed E-state index contributed by atoms with van der Waals surface area (Å²) in [5.41, 5.74) is 15.0. The highest BCUT2D eigenvalue weighted by Crippen LogP contribution is 2.30.